The third-order valence-corrected chi connectivity index (χ3v) is 3.78. The van der Waals surface area contributed by atoms with Crippen LogP contribution < -0.4 is 0 Å². The zero-order chi connectivity index (χ0) is 11.2. The zero-order valence-electron chi connectivity index (χ0n) is 8.74. The van der Waals surface area contributed by atoms with E-state index in [0.717, 1.165) is 42.6 Å². The molecule has 16 heavy (non-hydrogen) atoms. The standard InChI is InChI=1S/C12H12ClNO2/c13-8-4-3-5-9-11(8)12(16-15)7-2-1-6-10(12)14-9/h3-5,15H,1-2,6-7H2/t12-/m1/s1. The maximum absolute atomic E-state index is 9.28. The first-order chi connectivity index (χ1) is 7.78. The molecule has 3 nitrogen and oxygen atoms in total. The SMILES string of the molecule is OO[C@]12CCCCC1=Nc1cccc(Cl)c12. The molecule has 0 amide bonds. The number of halogens is 1. The molecule has 1 aliphatic heterocycles. The fourth-order valence-electron chi connectivity index (χ4n) is 2.72. The zero-order valence-corrected chi connectivity index (χ0v) is 9.50. The van der Waals surface area contributed by atoms with E-state index in [1.165, 1.54) is 0 Å². The third-order valence-electron chi connectivity index (χ3n) is 3.47. The summed E-state index contributed by atoms with van der Waals surface area (Å²) >= 11 is 6.19. The van der Waals surface area contributed by atoms with Gasteiger partial charge in [-0.15, -0.1) is 0 Å². The lowest BCUT2D eigenvalue weighted by atomic mass is 9.79. The smallest absolute Gasteiger partial charge is 0.170 e. The number of hydrogen-bond donors (Lipinski definition) is 1. The van der Waals surface area contributed by atoms with Crippen molar-refractivity contribution in [2.75, 3.05) is 0 Å². The van der Waals surface area contributed by atoms with E-state index in [9.17, 15) is 5.26 Å². The molecule has 1 saturated carbocycles. The van der Waals surface area contributed by atoms with Crippen LogP contribution in [-0.2, 0) is 10.5 Å². The minimum Gasteiger partial charge on any atom is -0.254 e. The van der Waals surface area contributed by atoms with Crippen molar-refractivity contribution in [1.82, 2.24) is 0 Å². The van der Waals surface area contributed by atoms with Crippen molar-refractivity contribution >= 4 is 23.0 Å². The van der Waals surface area contributed by atoms with E-state index in [1.54, 1.807) is 0 Å². The van der Waals surface area contributed by atoms with Gasteiger partial charge < -0.3 is 0 Å². The van der Waals surface area contributed by atoms with Gasteiger partial charge in [0.05, 0.1) is 11.4 Å². The largest absolute Gasteiger partial charge is 0.254 e. The van der Waals surface area contributed by atoms with Crippen molar-refractivity contribution in [1.29, 1.82) is 0 Å². The van der Waals surface area contributed by atoms with E-state index >= 15 is 0 Å². The molecule has 4 heteroatoms. The number of nitrogens with zero attached hydrogens (tertiary/aromatic N) is 1. The first-order valence-corrected chi connectivity index (χ1v) is 5.85. The van der Waals surface area contributed by atoms with Crippen LogP contribution in [0.5, 0.6) is 0 Å². The molecule has 0 unspecified atom stereocenters. The van der Waals surface area contributed by atoms with Crippen LogP contribution in [0.1, 0.15) is 31.2 Å². The summed E-state index contributed by atoms with van der Waals surface area (Å²) in [5.41, 5.74) is 1.79. The van der Waals surface area contributed by atoms with Crippen LogP contribution in [0.2, 0.25) is 5.02 Å². The van der Waals surface area contributed by atoms with Crippen molar-refractivity contribution in [2.45, 2.75) is 31.3 Å². The van der Waals surface area contributed by atoms with E-state index in [2.05, 4.69) is 4.99 Å². The quantitative estimate of drug-likeness (QED) is 0.598. The van der Waals surface area contributed by atoms with Crippen LogP contribution in [0.25, 0.3) is 0 Å². The molecule has 0 spiro atoms. The molecule has 0 saturated heterocycles. The van der Waals surface area contributed by atoms with Crippen molar-refractivity contribution < 1.29 is 10.1 Å². The second-order valence-corrected chi connectivity index (χ2v) is 4.73. The Morgan fingerprint density at radius 1 is 1.38 bits per heavy atom. The molecule has 84 valence electrons. The van der Waals surface area contributed by atoms with Gasteiger partial charge >= 0.3 is 0 Å². The van der Waals surface area contributed by atoms with Crippen LogP contribution in [0.4, 0.5) is 5.69 Å². The second kappa shape index (κ2) is 3.55. The van der Waals surface area contributed by atoms with Crippen LogP contribution >= 0.6 is 11.6 Å². The van der Waals surface area contributed by atoms with Crippen molar-refractivity contribution in [3.63, 3.8) is 0 Å². The topological polar surface area (TPSA) is 41.8 Å². The summed E-state index contributed by atoms with van der Waals surface area (Å²) in [6.45, 7) is 0. The summed E-state index contributed by atoms with van der Waals surface area (Å²) in [5.74, 6) is 0. The van der Waals surface area contributed by atoms with Crippen molar-refractivity contribution in [3.05, 3.63) is 28.8 Å². The molecule has 0 aromatic heterocycles. The normalized spacial score (nSPS) is 27.2. The lowest BCUT2D eigenvalue weighted by Gasteiger charge is -2.32. The van der Waals surface area contributed by atoms with Crippen LogP contribution in [0.3, 0.4) is 0 Å². The molecular weight excluding hydrogens is 226 g/mol. The predicted molar refractivity (Wildman–Crippen MR) is 62.4 cm³/mol. The molecule has 0 radical (unpaired) electrons. The van der Waals surface area contributed by atoms with Gasteiger partial charge in [0.15, 0.2) is 5.60 Å². The Morgan fingerprint density at radius 2 is 2.25 bits per heavy atom. The molecule has 0 bridgehead atoms. The van der Waals surface area contributed by atoms with Gasteiger partial charge in [0.1, 0.15) is 0 Å². The highest BCUT2D eigenvalue weighted by atomic mass is 35.5. The van der Waals surface area contributed by atoms with Gasteiger partial charge in [0.2, 0.25) is 0 Å². The molecule has 1 aliphatic carbocycles. The Labute approximate surface area is 98.6 Å². The number of aliphatic imine (C=N–C) groups is 1. The van der Waals surface area contributed by atoms with Gasteiger partial charge in [-0.2, -0.15) is 0 Å². The molecule has 1 N–H and O–H groups in total. The van der Waals surface area contributed by atoms with Gasteiger partial charge in [-0.3, -0.25) is 10.2 Å². The van der Waals surface area contributed by atoms with Gasteiger partial charge in [0, 0.05) is 10.6 Å². The molecule has 1 atom stereocenters. The Kier molecular flexibility index (Phi) is 2.28. The van der Waals surface area contributed by atoms with Crippen molar-refractivity contribution in [3.8, 4) is 0 Å². The first-order valence-electron chi connectivity index (χ1n) is 5.47. The number of rotatable bonds is 1. The molecule has 1 aromatic rings. The van der Waals surface area contributed by atoms with Crippen molar-refractivity contribution in [2.24, 2.45) is 4.99 Å². The Morgan fingerprint density at radius 3 is 3.06 bits per heavy atom. The fourth-order valence-corrected chi connectivity index (χ4v) is 3.05. The van der Waals surface area contributed by atoms with E-state index < -0.39 is 5.60 Å². The summed E-state index contributed by atoms with van der Waals surface area (Å²) in [4.78, 5) is 9.32. The Balaban J connectivity index is 2.23. The van der Waals surface area contributed by atoms with E-state index in [0.29, 0.717) is 5.02 Å². The summed E-state index contributed by atoms with van der Waals surface area (Å²) in [7, 11) is 0. The highest BCUT2D eigenvalue weighted by molar-refractivity contribution is 6.32. The molecule has 2 aliphatic rings. The number of benzene rings is 1. The maximum Gasteiger partial charge on any atom is 0.170 e. The molecule has 3 rings (SSSR count). The van der Waals surface area contributed by atoms with Crippen LogP contribution in [0.15, 0.2) is 23.2 Å². The Hall–Kier alpha value is -0.900. The lowest BCUT2D eigenvalue weighted by Crippen LogP contribution is -2.38. The van der Waals surface area contributed by atoms with E-state index in [1.807, 2.05) is 18.2 Å². The maximum atomic E-state index is 9.28. The predicted octanol–water partition coefficient (Wildman–Crippen LogP) is 3.69. The highest BCUT2D eigenvalue weighted by Gasteiger charge is 2.48. The molecule has 1 aromatic carbocycles. The fraction of sp³-hybridized carbons (Fsp3) is 0.417. The number of fused-ring (bicyclic) bond motifs is 3. The average Bonchev–Trinajstić information content (AvgIpc) is 2.65. The van der Waals surface area contributed by atoms with Gasteiger partial charge in [0.25, 0.3) is 0 Å². The lowest BCUT2D eigenvalue weighted by molar-refractivity contribution is -0.308. The summed E-state index contributed by atoms with van der Waals surface area (Å²) < 4.78 is 0. The molecule has 1 heterocycles. The number of hydrogen-bond acceptors (Lipinski definition) is 3. The van der Waals surface area contributed by atoms with Gasteiger partial charge in [-0.05, 0) is 37.8 Å². The summed E-state index contributed by atoms with van der Waals surface area (Å²) in [6, 6.07) is 5.59. The monoisotopic (exact) mass is 237 g/mol. The first kappa shape index (κ1) is 10.3. The summed E-state index contributed by atoms with van der Waals surface area (Å²) in [6.07, 6.45) is 3.73. The highest BCUT2D eigenvalue weighted by Crippen LogP contribution is 2.50. The van der Waals surface area contributed by atoms with Gasteiger partial charge in [-0.1, -0.05) is 17.7 Å². The van der Waals surface area contributed by atoms with E-state index in [-0.39, 0.29) is 0 Å². The van der Waals surface area contributed by atoms with Crippen LogP contribution in [-0.4, -0.2) is 11.0 Å². The minimum absolute atomic E-state index is 0.618. The third kappa shape index (κ3) is 1.19. The van der Waals surface area contributed by atoms with Gasteiger partial charge in [-0.25, -0.2) is 4.89 Å². The van der Waals surface area contributed by atoms with Crippen LogP contribution in [0, 0.1) is 0 Å². The molecular formula is C12H12ClNO2. The minimum atomic E-state index is -0.772. The average molecular weight is 238 g/mol. The molecule has 1 fully saturated rings. The second-order valence-electron chi connectivity index (χ2n) is 4.32. The summed E-state index contributed by atoms with van der Waals surface area (Å²) in [5, 5.41) is 9.90. The van der Waals surface area contributed by atoms with E-state index in [4.69, 9.17) is 16.5 Å². The Bertz CT molecular complexity index is 472.